The summed E-state index contributed by atoms with van der Waals surface area (Å²) in [5.74, 6) is 0.529. The smallest absolute Gasteiger partial charge is 0.131 e. The third kappa shape index (κ3) is 2.25. The van der Waals surface area contributed by atoms with Gasteiger partial charge in [0.1, 0.15) is 5.54 Å². The lowest BCUT2D eigenvalue weighted by Crippen LogP contribution is -2.36. The quantitative estimate of drug-likeness (QED) is 0.776. The Bertz CT molecular complexity index is 384. The third-order valence-electron chi connectivity index (χ3n) is 3.25. The first-order chi connectivity index (χ1) is 7.41. The first kappa shape index (κ1) is 12.7. The van der Waals surface area contributed by atoms with Gasteiger partial charge in [-0.3, -0.25) is 4.90 Å². The van der Waals surface area contributed by atoms with Crippen molar-refractivity contribution in [2.24, 2.45) is 0 Å². The van der Waals surface area contributed by atoms with Gasteiger partial charge in [-0.05, 0) is 38.1 Å². The van der Waals surface area contributed by atoms with Crippen LogP contribution >= 0.6 is 0 Å². The van der Waals surface area contributed by atoms with Gasteiger partial charge in [0.15, 0.2) is 0 Å². The Labute approximate surface area is 98.5 Å². The summed E-state index contributed by atoms with van der Waals surface area (Å²) in [4.78, 5) is 1.94. The van der Waals surface area contributed by atoms with Crippen LogP contribution in [0.1, 0.15) is 37.8 Å². The van der Waals surface area contributed by atoms with Crippen LogP contribution in [-0.4, -0.2) is 19.0 Å². The van der Waals surface area contributed by atoms with Crippen LogP contribution in [0.25, 0.3) is 0 Å². The number of rotatable bonds is 3. The molecule has 0 heterocycles. The molecule has 1 rings (SSSR count). The summed E-state index contributed by atoms with van der Waals surface area (Å²) < 4.78 is 0. The van der Waals surface area contributed by atoms with E-state index in [0.717, 1.165) is 5.56 Å². The van der Waals surface area contributed by atoms with E-state index in [-0.39, 0.29) is 0 Å². The second-order valence-corrected chi connectivity index (χ2v) is 4.86. The maximum absolute atomic E-state index is 9.30. The summed E-state index contributed by atoms with van der Waals surface area (Å²) in [5, 5.41) is 9.30. The lowest BCUT2D eigenvalue weighted by atomic mass is 9.90. The molecule has 86 valence electrons. The summed E-state index contributed by atoms with van der Waals surface area (Å²) in [7, 11) is 3.86. The van der Waals surface area contributed by atoms with Crippen molar-refractivity contribution < 1.29 is 0 Å². The van der Waals surface area contributed by atoms with Crippen LogP contribution in [0, 0.1) is 11.3 Å². The Morgan fingerprint density at radius 1 is 1.19 bits per heavy atom. The molecule has 0 fully saturated rings. The van der Waals surface area contributed by atoms with Crippen LogP contribution in [0.3, 0.4) is 0 Å². The standard InChI is InChI=1S/C14H20N2/c1-11(2)12-6-8-13(9-7-12)14(3,10-15)16(4)5/h6-9,11H,1-5H3. The molecule has 0 aliphatic heterocycles. The number of nitriles is 1. The molecule has 0 saturated carbocycles. The van der Waals surface area contributed by atoms with Crippen molar-refractivity contribution in [1.29, 1.82) is 5.26 Å². The Balaban J connectivity index is 3.11. The third-order valence-corrected chi connectivity index (χ3v) is 3.25. The SMILES string of the molecule is CC(C)c1ccc(C(C)(C#N)N(C)C)cc1. The van der Waals surface area contributed by atoms with Gasteiger partial charge in [-0.2, -0.15) is 5.26 Å². The molecule has 1 aromatic carbocycles. The maximum Gasteiger partial charge on any atom is 0.131 e. The maximum atomic E-state index is 9.30. The fourth-order valence-corrected chi connectivity index (χ4v) is 1.62. The van der Waals surface area contributed by atoms with Crippen molar-refractivity contribution in [3.05, 3.63) is 35.4 Å². The van der Waals surface area contributed by atoms with Crippen molar-refractivity contribution in [3.8, 4) is 6.07 Å². The average molecular weight is 216 g/mol. The first-order valence-corrected chi connectivity index (χ1v) is 5.61. The highest BCUT2D eigenvalue weighted by molar-refractivity contribution is 5.33. The molecule has 2 heteroatoms. The summed E-state index contributed by atoms with van der Waals surface area (Å²) in [5.41, 5.74) is 1.81. The fraction of sp³-hybridized carbons (Fsp3) is 0.500. The monoisotopic (exact) mass is 216 g/mol. The lowest BCUT2D eigenvalue weighted by Gasteiger charge is -2.30. The predicted molar refractivity (Wildman–Crippen MR) is 67.2 cm³/mol. The molecule has 0 spiro atoms. The second-order valence-electron chi connectivity index (χ2n) is 4.86. The van der Waals surface area contributed by atoms with E-state index in [9.17, 15) is 5.26 Å². The minimum absolute atomic E-state index is 0.529. The number of hydrogen-bond donors (Lipinski definition) is 0. The van der Waals surface area contributed by atoms with Crippen LogP contribution in [0.4, 0.5) is 0 Å². The summed E-state index contributed by atoms with van der Waals surface area (Å²) >= 11 is 0. The van der Waals surface area contributed by atoms with Gasteiger partial charge in [0.25, 0.3) is 0 Å². The van der Waals surface area contributed by atoms with Crippen molar-refractivity contribution >= 4 is 0 Å². The summed E-state index contributed by atoms with van der Waals surface area (Å²) in [6.07, 6.45) is 0. The Kier molecular flexibility index (Phi) is 3.72. The zero-order chi connectivity index (χ0) is 12.3. The van der Waals surface area contributed by atoms with Gasteiger partial charge in [-0.15, -0.1) is 0 Å². The highest BCUT2D eigenvalue weighted by Gasteiger charge is 2.28. The van der Waals surface area contributed by atoms with Crippen LogP contribution in [0.5, 0.6) is 0 Å². The van der Waals surface area contributed by atoms with Crippen LogP contribution in [0.2, 0.25) is 0 Å². The normalized spacial score (nSPS) is 14.9. The molecule has 0 saturated heterocycles. The molecular weight excluding hydrogens is 196 g/mol. The zero-order valence-corrected chi connectivity index (χ0v) is 10.8. The van der Waals surface area contributed by atoms with Crippen molar-refractivity contribution in [1.82, 2.24) is 4.90 Å². The number of nitrogens with zero attached hydrogens (tertiary/aromatic N) is 2. The molecule has 16 heavy (non-hydrogen) atoms. The van der Waals surface area contributed by atoms with E-state index in [0.29, 0.717) is 5.92 Å². The van der Waals surface area contributed by atoms with Gasteiger partial charge >= 0.3 is 0 Å². The molecule has 0 aliphatic rings. The summed E-state index contributed by atoms with van der Waals surface area (Å²) in [6.45, 7) is 6.28. The minimum Gasteiger partial charge on any atom is -0.288 e. The molecule has 0 aromatic heterocycles. The van der Waals surface area contributed by atoms with Crippen molar-refractivity contribution in [3.63, 3.8) is 0 Å². The van der Waals surface area contributed by atoms with Crippen LogP contribution in [0.15, 0.2) is 24.3 Å². The molecule has 0 radical (unpaired) electrons. The molecule has 0 N–H and O–H groups in total. The molecular formula is C14H20N2. The molecule has 0 amide bonds. The molecule has 1 unspecified atom stereocenters. The van der Waals surface area contributed by atoms with E-state index >= 15 is 0 Å². The molecule has 0 bridgehead atoms. The van der Waals surface area contributed by atoms with Gasteiger partial charge in [0.2, 0.25) is 0 Å². The number of hydrogen-bond acceptors (Lipinski definition) is 2. The highest BCUT2D eigenvalue weighted by atomic mass is 15.1. The van der Waals surface area contributed by atoms with E-state index < -0.39 is 5.54 Å². The van der Waals surface area contributed by atoms with Crippen LogP contribution < -0.4 is 0 Å². The largest absolute Gasteiger partial charge is 0.288 e. The van der Waals surface area contributed by atoms with E-state index in [2.05, 4.69) is 44.2 Å². The first-order valence-electron chi connectivity index (χ1n) is 5.61. The van der Waals surface area contributed by atoms with E-state index in [1.807, 2.05) is 25.9 Å². The molecule has 1 aromatic rings. The molecule has 0 aliphatic carbocycles. The fourth-order valence-electron chi connectivity index (χ4n) is 1.62. The minimum atomic E-state index is -0.546. The summed E-state index contributed by atoms with van der Waals surface area (Å²) in [6, 6.07) is 10.7. The van der Waals surface area contributed by atoms with Gasteiger partial charge in [-0.1, -0.05) is 38.1 Å². The molecule has 1 atom stereocenters. The van der Waals surface area contributed by atoms with Gasteiger partial charge < -0.3 is 0 Å². The Hall–Kier alpha value is -1.33. The lowest BCUT2D eigenvalue weighted by molar-refractivity contribution is 0.241. The van der Waals surface area contributed by atoms with E-state index in [1.165, 1.54) is 5.56 Å². The zero-order valence-electron chi connectivity index (χ0n) is 10.8. The second kappa shape index (κ2) is 4.67. The van der Waals surface area contributed by atoms with Gasteiger partial charge in [0.05, 0.1) is 6.07 Å². The van der Waals surface area contributed by atoms with E-state index in [1.54, 1.807) is 0 Å². The predicted octanol–water partition coefficient (Wildman–Crippen LogP) is 3.11. The van der Waals surface area contributed by atoms with Gasteiger partial charge in [-0.25, -0.2) is 0 Å². The number of benzene rings is 1. The average Bonchev–Trinajstić information content (AvgIpc) is 2.27. The Morgan fingerprint density at radius 3 is 2.00 bits per heavy atom. The Morgan fingerprint density at radius 2 is 1.69 bits per heavy atom. The molecule has 2 nitrogen and oxygen atoms in total. The van der Waals surface area contributed by atoms with E-state index in [4.69, 9.17) is 0 Å². The highest BCUT2D eigenvalue weighted by Crippen LogP contribution is 2.26. The van der Waals surface area contributed by atoms with Crippen molar-refractivity contribution in [2.45, 2.75) is 32.2 Å². The topological polar surface area (TPSA) is 27.0 Å². The van der Waals surface area contributed by atoms with Crippen LogP contribution in [-0.2, 0) is 5.54 Å². The van der Waals surface area contributed by atoms with Crippen molar-refractivity contribution in [2.75, 3.05) is 14.1 Å². The van der Waals surface area contributed by atoms with Gasteiger partial charge in [0, 0.05) is 0 Å².